The molecule has 0 N–H and O–H groups in total. The Morgan fingerprint density at radius 3 is 1.26 bits per heavy atom. The summed E-state index contributed by atoms with van der Waals surface area (Å²) in [6, 6.07) is 32.5. The summed E-state index contributed by atoms with van der Waals surface area (Å²) in [5.74, 6) is 0. The Morgan fingerprint density at radius 2 is 0.947 bits per heavy atom. The topological polar surface area (TPSA) is 103 Å². The van der Waals surface area contributed by atoms with E-state index in [0.29, 0.717) is 0 Å². The number of hydrogen-bond donors (Lipinski definition) is 0. The van der Waals surface area contributed by atoms with Gasteiger partial charge in [0.05, 0.1) is 0 Å². The van der Waals surface area contributed by atoms with Crippen LogP contribution in [-0.4, -0.2) is 17.3 Å². The Bertz CT molecular complexity index is 1150. The van der Waals surface area contributed by atoms with Gasteiger partial charge in [0.2, 0.25) is 0 Å². The third-order valence-corrected chi connectivity index (χ3v) is 5.71. The van der Waals surface area contributed by atoms with Gasteiger partial charge in [-0.15, -0.1) is 0 Å². The maximum atomic E-state index is 7.50. The average Bonchev–Trinajstić information content (AvgIpc) is 3.01. The van der Waals surface area contributed by atoms with Gasteiger partial charge < -0.3 is 4.58 Å². The first kappa shape index (κ1) is 38.8. The summed E-state index contributed by atoms with van der Waals surface area (Å²) in [5.41, 5.74) is 6.10. The number of benzene rings is 3. The van der Waals surface area contributed by atoms with Crippen molar-refractivity contribution >= 4 is 5.71 Å². The minimum absolute atomic E-state index is 0. The van der Waals surface area contributed by atoms with Crippen molar-refractivity contribution in [3.05, 3.63) is 153 Å². The van der Waals surface area contributed by atoms with E-state index in [9.17, 15) is 0 Å². The molecule has 7 heteroatoms. The molecule has 4 rings (SSSR count). The Kier molecular flexibility index (Phi) is 23.0. The van der Waals surface area contributed by atoms with Gasteiger partial charge in [0.15, 0.2) is 6.04 Å². The second-order valence-corrected chi connectivity index (χ2v) is 7.28. The fourth-order valence-corrected chi connectivity index (χ4v) is 4.26. The Balaban J connectivity index is -0.00000100. The molecule has 1 aliphatic rings. The molecule has 0 spiro atoms. The van der Waals surface area contributed by atoms with Gasteiger partial charge in [-0.05, 0) is 5.41 Å². The van der Waals surface area contributed by atoms with E-state index in [-0.39, 0.29) is 28.8 Å². The van der Waals surface area contributed by atoms with Crippen molar-refractivity contribution in [2.75, 3.05) is 7.05 Å². The normalized spacial score (nSPS) is 13.2. The van der Waals surface area contributed by atoms with Crippen LogP contribution in [0.25, 0.3) is 0 Å². The Labute approximate surface area is 235 Å². The fourth-order valence-electron chi connectivity index (χ4n) is 4.26. The van der Waals surface area contributed by atoms with Crippen LogP contribution in [0.4, 0.5) is 0 Å². The summed E-state index contributed by atoms with van der Waals surface area (Å²) in [6.07, 6.45) is 3.76. The van der Waals surface area contributed by atoms with E-state index in [4.69, 9.17) is 23.3 Å². The second kappa shape index (κ2) is 22.5. The van der Waals surface area contributed by atoms with Crippen molar-refractivity contribution in [1.82, 2.24) is 0 Å². The van der Waals surface area contributed by atoms with Crippen LogP contribution in [0.2, 0.25) is 0 Å². The molecule has 3 aromatic carbocycles. The second-order valence-electron chi connectivity index (χ2n) is 7.28. The largest absolute Gasteiger partial charge is 0 e. The van der Waals surface area contributed by atoms with Crippen LogP contribution in [0.1, 0.15) is 36.6 Å². The molecule has 0 saturated heterocycles. The summed E-state index contributed by atoms with van der Waals surface area (Å²) < 4.78 is 39.9. The van der Waals surface area contributed by atoms with Gasteiger partial charge in [-0.1, -0.05) is 109 Å². The number of hydrogen-bond acceptors (Lipinski definition) is 0. The molecule has 0 heterocycles. The third kappa shape index (κ3) is 9.00. The maximum Gasteiger partial charge on any atom is 0 e. The van der Waals surface area contributed by atoms with Crippen LogP contribution >= 0.6 is 0 Å². The van der Waals surface area contributed by atoms with Crippen molar-refractivity contribution in [3.63, 3.8) is 0 Å². The van der Waals surface area contributed by atoms with Crippen molar-refractivity contribution in [1.29, 1.82) is 0 Å². The quantitative estimate of drug-likeness (QED) is 0.239. The molecule has 1 atom stereocenters. The SMILES string of the molecule is CC1=[C-]C(c2ccccc2)(c2ccccc2)C1=[N+](C)[C@H](C)c1ccccc1.[C-]#[O+].[C-]#[O+].[C-]#[O+].[C-]#[O+].[C-]#[O+].[Cr]. The first-order valence-corrected chi connectivity index (χ1v) is 10.5. The molecule has 1 aliphatic carbocycles. The minimum Gasteiger partial charge on any atom is 0 e. The molecular formula is C31H25CrNO5. The first-order chi connectivity index (χ1) is 18.1. The number of allylic oxidation sites excluding steroid dienone is 2. The van der Waals surface area contributed by atoms with Crippen LogP contribution in [0.15, 0.2) is 96.6 Å². The fraction of sp³-hybridized carbons (Fsp3) is 0.161. The average molecular weight is 544 g/mol. The zero-order valence-corrected chi connectivity index (χ0v) is 22.4. The molecule has 0 radical (unpaired) electrons. The van der Waals surface area contributed by atoms with E-state index >= 15 is 0 Å². The van der Waals surface area contributed by atoms with E-state index in [1.807, 2.05) is 0 Å². The number of rotatable bonds is 4. The molecule has 190 valence electrons. The van der Waals surface area contributed by atoms with Crippen LogP contribution in [0.5, 0.6) is 0 Å². The van der Waals surface area contributed by atoms with Crippen molar-refractivity contribution in [2.24, 2.45) is 0 Å². The zero-order valence-electron chi connectivity index (χ0n) is 21.1. The molecule has 0 aromatic heterocycles. The summed E-state index contributed by atoms with van der Waals surface area (Å²) in [7, 11) is 2.21. The van der Waals surface area contributed by atoms with Crippen molar-refractivity contribution < 1.29 is 45.2 Å². The van der Waals surface area contributed by atoms with Gasteiger partial charge >= 0.3 is 56.5 Å². The summed E-state index contributed by atoms with van der Waals surface area (Å²) in [5, 5.41) is 0. The van der Waals surface area contributed by atoms with Gasteiger partial charge in [0, 0.05) is 35.6 Å². The van der Waals surface area contributed by atoms with Crippen LogP contribution < -0.4 is 0 Å². The predicted molar refractivity (Wildman–Crippen MR) is 132 cm³/mol. The first-order valence-electron chi connectivity index (χ1n) is 10.5. The van der Waals surface area contributed by atoms with Gasteiger partial charge in [-0.25, -0.2) is 0 Å². The van der Waals surface area contributed by atoms with Gasteiger partial charge in [-0.2, -0.15) is 5.57 Å². The van der Waals surface area contributed by atoms with Crippen LogP contribution in [0.3, 0.4) is 0 Å². The molecule has 0 aliphatic heterocycles. The predicted octanol–water partition coefficient (Wildman–Crippen LogP) is 5.39. The summed E-state index contributed by atoms with van der Waals surface area (Å²) in [4.78, 5) is 0. The molecule has 3 aromatic rings. The van der Waals surface area contributed by atoms with Crippen LogP contribution in [0, 0.1) is 39.3 Å². The molecule has 38 heavy (non-hydrogen) atoms. The van der Waals surface area contributed by atoms with E-state index in [2.05, 4.69) is 156 Å². The van der Waals surface area contributed by atoms with E-state index in [1.54, 1.807) is 0 Å². The van der Waals surface area contributed by atoms with E-state index in [1.165, 1.54) is 28.0 Å². The van der Waals surface area contributed by atoms with Crippen molar-refractivity contribution in [2.45, 2.75) is 25.3 Å². The zero-order chi connectivity index (χ0) is 28.9. The summed E-state index contributed by atoms with van der Waals surface area (Å²) >= 11 is 0. The van der Waals surface area contributed by atoms with Gasteiger partial charge in [-0.3, -0.25) is 6.08 Å². The Morgan fingerprint density at radius 1 is 0.632 bits per heavy atom. The molecule has 0 amide bonds. The Hall–Kier alpha value is -3.70. The molecule has 0 unspecified atom stereocenters. The summed E-state index contributed by atoms with van der Waals surface area (Å²) in [6.45, 7) is 26.9. The van der Waals surface area contributed by atoms with Crippen LogP contribution in [-0.2, 0) is 46.0 Å². The van der Waals surface area contributed by atoms with Crippen molar-refractivity contribution in [3.8, 4) is 0 Å². The van der Waals surface area contributed by atoms with Gasteiger partial charge in [0.25, 0.3) is 0 Å². The minimum atomic E-state index is -0.315. The molecule has 6 nitrogen and oxygen atoms in total. The third-order valence-electron chi connectivity index (χ3n) is 5.71. The number of nitrogens with zero attached hydrogens (tertiary/aromatic N) is 1. The van der Waals surface area contributed by atoms with Gasteiger partial charge in [0.1, 0.15) is 7.05 Å². The maximum absolute atomic E-state index is 7.50. The van der Waals surface area contributed by atoms with E-state index in [0.717, 1.165) is 0 Å². The smallest absolute Gasteiger partial charge is 0 e. The molecule has 0 saturated carbocycles. The van der Waals surface area contributed by atoms with E-state index < -0.39 is 0 Å². The molecule has 0 fully saturated rings. The molecular weight excluding hydrogens is 518 g/mol. The molecule has 0 bridgehead atoms. The monoisotopic (exact) mass is 543 g/mol. The standard InChI is InChI=1S/C26H25N.5CO.Cr/c1-20-19-26(23-15-9-5-10-16-23,24-17-11-6-12-18-24)25(20)27(3)21(2)22-13-7-4-8-14-22;5*1-2;/h4-18,21H,1-3H3;;;;;;/t21-;;;;;;/m1....../s1.